The van der Waals surface area contributed by atoms with Crippen molar-refractivity contribution in [2.75, 3.05) is 13.2 Å². The van der Waals surface area contributed by atoms with E-state index in [1.807, 2.05) is 11.3 Å². The van der Waals surface area contributed by atoms with Crippen LogP contribution in [-0.2, 0) is 0 Å². The maximum atomic E-state index is 9.73. The molecule has 18 heavy (non-hydrogen) atoms. The van der Waals surface area contributed by atoms with Crippen molar-refractivity contribution in [2.45, 2.75) is 31.3 Å². The molecule has 5 heterocycles. The Labute approximate surface area is 112 Å². The van der Waals surface area contributed by atoms with Crippen molar-refractivity contribution in [3.8, 4) is 0 Å². The van der Waals surface area contributed by atoms with Gasteiger partial charge in [0.2, 0.25) is 0 Å². The molecule has 1 N–H and O–H groups in total. The summed E-state index contributed by atoms with van der Waals surface area (Å²) in [5, 5.41) is 11.9. The molecule has 0 saturated carbocycles. The van der Waals surface area contributed by atoms with Crippen LogP contribution >= 0.6 is 11.3 Å². The molecule has 4 fully saturated rings. The van der Waals surface area contributed by atoms with Gasteiger partial charge >= 0.3 is 0 Å². The summed E-state index contributed by atoms with van der Waals surface area (Å²) in [4.78, 5) is 4.03. The lowest BCUT2D eigenvalue weighted by Gasteiger charge is -2.51. The number of nitrogens with zero attached hydrogens (tertiary/aromatic N) is 1. The second kappa shape index (κ2) is 4.19. The maximum absolute atomic E-state index is 9.73. The largest absolute Gasteiger partial charge is 0.396 e. The van der Waals surface area contributed by atoms with Crippen LogP contribution in [0.25, 0.3) is 6.08 Å². The lowest BCUT2D eigenvalue weighted by atomic mass is 9.71. The van der Waals surface area contributed by atoms with Gasteiger partial charge in [-0.1, -0.05) is 11.6 Å². The van der Waals surface area contributed by atoms with E-state index in [9.17, 15) is 5.11 Å². The van der Waals surface area contributed by atoms with E-state index in [0.717, 1.165) is 12.6 Å². The fourth-order valence-corrected chi connectivity index (χ4v) is 5.06. The van der Waals surface area contributed by atoms with Crippen molar-refractivity contribution in [3.63, 3.8) is 0 Å². The molecule has 96 valence electrons. The van der Waals surface area contributed by atoms with Crippen molar-refractivity contribution in [3.05, 3.63) is 28.0 Å². The van der Waals surface area contributed by atoms with Crippen LogP contribution in [0.1, 0.15) is 24.1 Å². The lowest BCUT2D eigenvalue weighted by molar-refractivity contribution is -0.000623. The van der Waals surface area contributed by atoms with Gasteiger partial charge in [-0.2, -0.15) is 0 Å². The van der Waals surface area contributed by atoms with Crippen LogP contribution in [0, 0.1) is 11.8 Å². The Hall–Kier alpha value is -0.640. The lowest BCUT2D eigenvalue weighted by Crippen LogP contribution is -2.56. The number of hydrogen-bond acceptors (Lipinski definition) is 3. The van der Waals surface area contributed by atoms with E-state index in [2.05, 4.69) is 28.5 Å². The van der Waals surface area contributed by atoms with Gasteiger partial charge < -0.3 is 5.11 Å². The normalized spacial score (nSPS) is 43.8. The molecular weight excluding hydrogens is 242 g/mol. The van der Waals surface area contributed by atoms with E-state index >= 15 is 0 Å². The van der Waals surface area contributed by atoms with Gasteiger partial charge in [-0.25, -0.2) is 0 Å². The van der Waals surface area contributed by atoms with Gasteiger partial charge in [-0.05, 0) is 42.7 Å². The second-order valence-electron chi connectivity index (χ2n) is 5.89. The molecule has 4 bridgehead atoms. The molecule has 0 amide bonds. The van der Waals surface area contributed by atoms with Crippen molar-refractivity contribution in [1.82, 2.24) is 4.90 Å². The Morgan fingerprint density at radius 3 is 3.17 bits per heavy atom. The summed E-state index contributed by atoms with van der Waals surface area (Å²) in [6, 6.07) is 5.78. The first-order valence-electron chi connectivity index (χ1n) is 6.97. The number of hydrogen-bond donors (Lipinski definition) is 1. The summed E-state index contributed by atoms with van der Waals surface area (Å²) in [7, 11) is 0. The molecule has 0 aromatic carbocycles. The standard InChI is InChI=1S/C15H19NOS/c17-9-14-13-7-11-3-4-15(14)16(11)8-10(13)6-12-2-1-5-18-12/h1-2,5-6,11,13-15,17H,3-4,7-9H2/b10-6+. The first-order valence-corrected chi connectivity index (χ1v) is 7.85. The minimum Gasteiger partial charge on any atom is -0.396 e. The van der Waals surface area contributed by atoms with Crippen LogP contribution in [0.15, 0.2) is 23.1 Å². The number of aliphatic hydroxyl groups is 1. The average Bonchev–Trinajstić information content (AvgIpc) is 2.99. The third-order valence-electron chi connectivity index (χ3n) is 5.15. The monoisotopic (exact) mass is 261 g/mol. The Morgan fingerprint density at radius 2 is 2.39 bits per heavy atom. The minimum atomic E-state index is 0.361. The number of rotatable bonds is 2. The third kappa shape index (κ3) is 1.54. The van der Waals surface area contributed by atoms with Gasteiger partial charge in [-0.15, -0.1) is 11.3 Å². The van der Waals surface area contributed by atoms with Gasteiger partial charge in [-0.3, -0.25) is 4.90 Å². The van der Waals surface area contributed by atoms with Crippen molar-refractivity contribution in [1.29, 1.82) is 0 Å². The van der Waals surface area contributed by atoms with E-state index in [1.54, 1.807) is 5.57 Å². The molecule has 0 aliphatic carbocycles. The minimum absolute atomic E-state index is 0.361. The highest BCUT2D eigenvalue weighted by atomic mass is 32.1. The summed E-state index contributed by atoms with van der Waals surface area (Å²) in [6.07, 6.45) is 6.31. The molecule has 2 nitrogen and oxygen atoms in total. The Kier molecular flexibility index (Phi) is 2.61. The molecular formula is C15H19NOS. The molecule has 4 saturated heterocycles. The van der Waals surface area contributed by atoms with E-state index in [1.165, 1.54) is 24.1 Å². The first kappa shape index (κ1) is 11.2. The van der Waals surface area contributed by atoms with Gasteiger partial charge in [0.15, 0.2) is 0 Å². The number of fused-ring (bicyclic) bond motifs is 1. The zero-order chi connectivity index (χ0) is 12.1. The number of piperidine rings is 3. The predicted octanol–water partition coefficient (Wildman–Crippen LogP) is 2.61. The summed E-state index contributed by atoms with van der Waals surface area (Å²) >= 11 is 1.81. The molecule has 0 spiro atoms. The van der Waals surface area contributed by atoms with E-state index < -0.39 is 0 Å². The summed E-state index contributed by atoms with van der Waals surface area (Å²) in [5.74, 6) is 1.13. The van der Waals surface area contributed by atoms with Gasteiger partial charge in [0.1, 0.15) is 0 Å². The second-order valence-corrected chi connectivity index (χ2v) is 6.87. The van der Waals surface area contributed by atoms with Crippen molar-refractivity contribution < 1.29 is 5.11 Å². The molecule has 4 aliphatic heterocycles. The van der Waals surface area contributed by atoms with Crippen LogP contribution in [0.5, 0.6) is 0 Å². The van der Waals surface area contributed by atoms with Crippen molar-refractivity contribution in [2.24, 2.45) is 11.8 Å². The number of aliphatic hydroxyl groups excluding tert-OH is 1. The Balaban J connectivity index is 1.68. The van der Waals surface area contributed by atoms with Crippen LogP contribution in [0.2, 0.25) is 0 Å². The van der Waals surface area contributed by atoms with Gasteiger partial charge in [0.05, 0.1) is 0 Å². The van der Waals surface area contributed by atoms with E-state index in [0.29, 0.717) is 24.5 Å². The molecule has 3 heteroatoms. The summed E-state index contributed by atoms with van der Waals surface area (Å²) in [6.45, 7) is 1.51. The highest BCUT2D eigenvalue weighted by molar-refractivity contribution is 7.10. The van der Waals surface area contributed by atoms with Crippen LogP contribution in [0.4, 0.5) is 0 Å². The summed E-state index contributed by atoms with van der Waals surface area (Å²) < 4.78 is 0. The smallest absolute Gasteiger partial charge is 0.0480 e. The average molecular weight is 261 g/mol. The highest BCUT2D eigenvalue weighted by Crippen LogP contribution is 2.50. The van der Waals surface area contributed by atoms with Crippen LogP contribution < -0.4 is 0 Å². The summed E-state index contributed by atoms with van der Waals surface area (Å²) in [5.41, 5.74) is 1.56. The van der Waals surface area contributed by atoms with Crippen LogP contribution in [0.3, 0.4) is 0 Å². The van der Waals surface area contributed by atoms with Gasteiger partial charge in [0.25, 0.3) is 0 Å². The fourth-order valence-electron chi connectivity index (χ4n) is 4.37. The Bertz CT molecular complexity index is 467. The van der Waals surface area contributed by atoms with E-state index in [-0.39, 0.29) is 0 Å². The first-order chi connectivity index (χ1) is 8.86. The molecule has 1 aromatic rings. The molecule has 1 aromatic heterocycles. The molecule has 5 unspecified atom stereocenters. The molecule has 4 aliphatic rings. The topological polar surface area (TPSA) is 23.5 Å². The van der Waals surface area contributed by atoms with E-state index in [4.69, 9.17) is 0 Å². The van der Waals surface area contributed by atoms with Gasteiger partial charge in [0, 0.05) is 36.0 Å². The van der Waals surface area contributed by atoms with Crippen LogP contribution in [-0.4, -0.2) is 35.2 Å². The zero-order valence-corrected chi connectivity index (χ0v) is 11.3. The zero-order valence-electron chi connectivity index (χ0n) is 10.5. The predicted molar refractivity (Wildman–Crippen MR) is 74.5 cm³/mol. The Morgan fingerprint density at radius 1 is 1.44 bits per heavy atom. The molecule has 0 radical (unpaired) electrons. The maximum Gasteiger partial charge on any atom is 0.0480 e. The SMILES string of the molecule is OCC1C2CC3CCC1N3C/C2=C\c1cccs1. The molecule has 5 rings (SSSR count). The number of thiophene rings is 1. The third-order valence-corrected chi connectivity index (χ3v) is 5.97. The fraction of sp³-hybridized carbons (Fsp3) is 0.600. The molecule has 5 atom stereocenters. The van der Waals surface area contributed by atoms with Crippen molar-refractivity contribution >= 4 is 17.4 Å². The highest BCUT2D eigenvalue weighted by Gasteiger charge is 2.51. The quantitative estimate of drug-likeness (QED) is 0.884.